The molecule has 1 aromatic heterocycles. The number of aliphatic hydroxyl groups excluding tert-OH is 1. The Morgan fingerprint density at radius 1 is 1.43 bits per heavy atom. The first-order valence-corrected chi connectivity index (χ1v) is 7.25. The Bertz CT molecular complexity index is 756. The first-order chi connectivity index (χ1) is 11.0. The number of hydrogen-bond donors (Lipinski definition) is 2. The normalized spacial score (nSPS) is 12.0. The minimum absolute atomic E-state index is 0.0646. The summed E-state index contributed by atoms with van der Waals surface area (Å²) in [7, 11) is 0. The summed E-state index contributed by atoms with van der Waals surface area (Å²) in [5, 5.41) is 26.7. The predicted molar refractivity (Wildman–Crippen MR) is 86.3 cm³/mol. The van der Waals surface area contributed by atoms with Crippen LogP contribution in [0.5, 0.6) is 0 Å². The number of benzene rings is 1. The SMILES string of the molecule is CC[C@H](CO)Nc1cnn(-c2ccc([N+](=O)[O-])cc2)c(=O)c1Cl. The highest BCUT2D eigenvalue weighted by Gasteiger charge is 2.14. The number of nitro benzene ring substituents is 1. The predicted octanol–water partition coefficient (Wildman–Crippen LogP) is 1.98. The number of non-ortho nitro benzene ring substituents is 1. The van der Waals surface area contributed by atoms with Gasteiger partial charge >= 0.3 is 0 Å². The fraction of sp³-hybridized carbons (Fsp3) is 0.286. The highest BCUT2D eigenvalue weighted by molar-refractivity contribution is 6.32. The summed E-state index contributed by atoms with van der Waals surface area (Å²) in [6.07, 6.45) is 2.03. The molecule has 9 heteroatoms. The lowest BCUT2D eigenvalue weighted by Gasteiger charge is -2.16. The van der Waals surface area contributed by atoms with Crippen molar-refractivity contribution in [2.45, 2.75) is 19.4 Å². The van der Waals surface area contributed by atoms with E-state index in [9.17, 15) is 20.0 Å². The zero-order valence-electron chi connectivity index (χ0n) is 12.3. The minimum atomic E-state index is -0.557. The summed E-state index contributed by atoms with van der Waals surface area (Å²) in [4.78, 5) is 22.4. The van der Waals surface area contributed by atoms with Gasteiger partial charge in [0.15, 0.2) is 0 Å². The van der Waals surface area contributed by atoms with E-state index in [4.69, 9.17) is 11.6 Å². The molecule has 0 saturated heterocycles. The number of anilines is 1. The third kappa shape index (κ3) is 3.66. The van der Waals surface area contributed by atoms with Crippen molar-refractivity contribution in [3.05, 3.63) is 56.0 Å². The van der Waals surface area contributed by atoms with Crippen LogP contribution in [0.2, 0.25) is 5.02 Å². The average Bonchev–Trinajstić information content (AvgIpc) is 2.56. The molecule has 0 amide bonds. The molecule has 0 fully saturated rings. The Kier molecular flexibility index (Phi) is 5.30. The Labute approximate surface area is 136 Å². The van der Waals surface area contributed by atoms with Crippen molar-refractivity contribution in [3.8, 4) is 5.69 Å². The van der Waals surface area contributed by atoms with Gasteiger partial charge in [0.1, 0.15) is 5.02 Å². The molecule has 2 N–H and O–H groups in total. The Hall–Kier alpha value is -2.45. The molecular formula is C14H15ClN4O4. The lowest BCUT2D eigenvalue weighted by molar-refractivity contribution is -0.384. The first kappa shape index (κ1) is 16.9. The van der Waals surface area contributed by atoms with Gasteiger partial charge in [-0.25, -0.2) is 0 Å². The van der Waals surface area contributed by atoms with E-state index in [1.165, 1.54) is 30.5 Å². The van der Waals surface area contributed by atoms with Gasteiger partial charge in [-0.1, -0.05) is 18.5 Å². The third-order valence-corrected chi connectivity index (χ3v) is 3.66. The van der Waals surface area contributed by atoms with Gasteiger partial charge in [-0.2, -0.15) is 9.78 Å². The number of aliphatic hydroxyl groups is 1. The molecule has 0 bridgehead atoms. The van der Waals surface area contributed by atoms with Crippen molar-refractivity contribution < 1.29 is 10.0 Å². The smallest absolute Gasteiger partial charge is 0.292 e. The van der Waals surface area contributed by atoms with Crippen molar-refractivity contribution >= 4 is 23.0 Å². The number of aromatic nitrogens is 2. The minimum Gasteiger partial charge on any atom is -0.394 e. The number of hydrogen-bond acceptors (Lipinski definition) is 6. The molecule has 0 aliphatic carbocycles. The molecular weight excluding hydrogens is 324 g/mol. The van der Waals surface area contributed by atoms with Gasteiger partial charge in [-0.3, -0.25) is 14.9 Å². The van der Waals surface area contributed by atoms with Crippen LogP contribution in [0.25, 0.3) is 5.69 Å². The van der Waals surface area contributed by atoms with Crippen LogP contribution in [0.3, 0.4) is 0 Å². The van der Waals surface area contributed by atoms with E-state index in [1.54, 1.807) is 0 Å². The lowest BCUT2D eigenvalue weighted by atomic mass is 10.2. The largest absolute Gasteiger partial charge is 0.394 e. The van der Waals surface area contributed by atoms with Crippen molar-refractivity contribution in [2.75, 3.05) is 11.9 Å². The van der Waals surface area contributed by atoms with Crippen molar-refractivity contribution in [1.82, 2.24) is 9.78 Å². The van der Waals surface area contributed by atoms with Crippen LogP contribution in [-0.4, -0.2) is 32.5 Å². The molecule has 0 saturated carbocycles. The van der Waals surface area contributed by atoms with Gasteiger partial charge in [0.05, 0.1) is 29.1 Å². The van der Waals surface area contributed by atoms with Crippen LogP contribution in [-0.2, 0) is 0 Å². The molecule has 0 spiro atoms. The molecule has 122 valence electrons. The zero-order chi connectivity index (χ0) is 17.0. The zero-order valence-corrected chi connectivity index (χ0v) is 13.0. The van der Waals surface area contributed by atoms with Gasteiger partial charge in [0.2, 0.25) is 0 Å². The maximum atomic E-state index is 12.3. The molecule has 0 aliphatic rings. The molecule has 0 aliphatic heterocycles. The third-order valence-electron chi connectivity index (χ3n) is 3.30. The topological polar surface area (TPSA) is 110 Å². The monoisotopic (exact) mass is 338 g/mol. The number of nitrogens with one attached hydrogen (secondary N) is 1. The van der Waals surface area contributed by atoms with Crippen LogP contribution in [0.1, 0.15) is 13.3 Å². The molecule has 0 unspecified atom stereocenters. The number of nitrogens with zero attached hydrogens (tertiary/aromatic N) is 3. The van der Waals surface area contributed by atoms with Gasteiger partial charge in [-0.15, -0.1) is 0 Å². The highest BCUT2D eigenvalue weighted by Crippen LogP contribution is 2.19. The molecule has 1 aromatic carbocycles. The van der Waals surface area contributed by atoms with E-state index >= 15 is 0 Å². The summed E-state index contributed by atoms with van der Waals surface area (Å²) >= 11 is 6.06. The van der Waals surface area contributed by atoms with Crippen molar-refractivity contribution in [3.63, 3.8) is 0 Å². The highest BCUT2D eigenvalue weighted by atomic mass is 35.5. The second-order valence-electron chi connectivity index (χ2n) is 4.79. The lowest BCUT2D eigenvalue weighted by Crippen LogP contribution is -2.27. The summed E-state index contributed by atoms with van der Waals surface area (Å²) < 4.78 is 1.05. The van der Waals surface area contributed by atoms with Crippen LogP contribution in [0.4, 0.5) is 11.4 Å². The van der Waals surface area contributed by atoms with Crippen molar-refractivity contribution in [2.24, 2.45) is 0 Å². The Balaban J connectivity index is 2.36. The maximum Gasteiger partial charge on any atom is 0.292 e. The summed E-state index contributed by atoms with van der Waals surface area (Å²) in [6.45, 7) is 1.78. The molecule has 2 aromatic rings. The van der Waals surface area contributed by atoms with Gasteiger partial charge in [0, 0.05) is 18.2 Å². The molecule has 1 atom stereocenters. The summed E-state index contributed by atoms with van der Waals surface area (Å²) in [5.41, 5.74) is 0.0530. The second kappa shape index (κ2) is 7.21. The van der Waals surface area contributed by atoms with Gasteiger partial charge in [0.25, 0.3) is 11.2 Å². The van der Waals surface area contributed by atoms with Gasteiger partial charge in [-0.05, 0) is 18.6 Å². The van der Waals surface area contributed by atoms with Gasteiger partial charge < -0.3 is 10.4 Å². The molecule has 23 heavy (non-hydrogen) atoms. The Morgan fingerprint density at radius 2 is 2.09 bits per heavy atom. The van der Waals surface area contributed by atoms with Crippen LogP contribution < -0.4 is 10.9 Å². The second-order valence-corrected chi connectivity index (χ2v) is 5.17. The average molecular weight is 339 g/mol. The first-order valence-electron chi connectivity index (χ1n) is 6.88. The quantitative estimate of drug-likeness (QED) is 0.615. The van der Waals surface area contributed by atoms with Crippen LogP contribution in [0, 0.1) is 10.1 Å². The maximum absolute atomic E-state index is 12.3. The number of halogens is 1. The van der Waals surface area contributed by atoms with E-state index in [0.29, 0.717) is 17.8 Å². The van der Waals surface area contributed by atoms with E-state index in [-0.39, 0.29) is 23.4 Å². The molecule has 1 heterocycles. The van der Waals surface area contributed by atoms with E-state index in [1.807, 2.05) is 6.92 Å². The summed E-state index contributed by atoms with van der Waals surface area (Å²) in [5.74, 6) is 0. The van der Waals surface area contributed by atoms with E-state index < -0.39 is 10.5 Å². The van der Waals surface area contributed by atoms with Crippen molar-refractivity contribution in [1.29, 1.82) is 0 Å². The van der Waals surface area contributed by atoms with E-state index in [2.05, 4.69) is 10.4 Å². The van der Waals surface area contributed by atoms with E-state index in [0.717, 1.165) is 4.68 Å². The summed E-state index contributed by atoms with van der Waals surface area (Å²) in [6, 6.07) is 5.16. The fourth-order valence-corrected chi connectivity index (χ4v) is 2.11. The molecule has 2 rings (SSSR count). The fourth-order valence-electron chi connectivity index (χ4n) is 1.93. The number of nitro groups is 1. The molecule has 0 radical (unpaired) electrons. The Morgan fingerprint density at radius 3 is 2.61 bits per heavy atom. The van der Waals surface area contributed by atoms with Crippen LogP contribution in [0.15, 0.2) is 35.3 Å². The standard InChI is InChI=1S/C14H15ClN4O4/c1-2-9(8-20)17-12-7-16-18(14(21)13(12)15)10-3-5-11(6-4-10)19(22)23/h3-7,9,17,20H,2,8H2,1H3/t9-/m1/s1. The van der Waals surface area contributed by atoms with Crippen LogP contribution >= 0.6 is 11.6 Å². The number of rotatable bonds is 6. The molecule has 8 nitrogen and oxygen atoms in total.